The van der Waals surface area contributed by atoms with E-state index in [9.17, 15) is 14.7 Å². The summed E-state index contributed by atoms with van der Waals surface area (Å²) in [5.74, 6) is 0.416. The van der Waals surface area contributed by atoms with Crippen LogP contribution in [0, 0.1) is 11.8 Å². The van der Waals surface area contributed by atoms with E-state index in [0.29, 0.717) is 6.42 Å². The summed E-state index contributed by atoms with van der Waals surface area (Å²) in [6.45, 7) is 4.48. The van der Waals surface area contributed by atoms with E-state index in [1.807, 2.05) is 30.3 Å². The molecule has 6 heteroatoms. The highest BCUT2D eigenvalue weighted by atomic mass is 127. The van der Waals surface area contributed by atoms with Gasteiger partial charge in [0.25, 0.3) is 0 Å². The number of aromatic hydroxyl groups is 1. The van der Waals surface area contributed by atoms with Gasteiger partial charge in [-0.2, -0.15) is 0 Å². The van der Waals surface area contributed by atoms with Crippen LogP contribution in [0.15, 0.2) is 64.8 Å². The average molecular weight is 581 g/mol. The molecule has 4 unspecified atom stereocenters. The molecule has 6 rings (SSSR count). The number of hydrogen-bond donors (Lipinski definition) is 1. The van der Waals surface area contributed by atoms with Crippen molar-refractivity contribution in [1.82, 2.24) is 4.90 Å². The van der Waals surface area contributed by atoms with Crippen molar-refractivity contribution in [3.8, 4) is 5.75 Å². The summed E-state index contributed by atoms with van der Waals surface area (Å²) in [6, 6.07) is 15.6. The van der Waals surface area contributed by atoms with Crippen molar-refractivity contribution in [3.63, 3.8) is 0 Å². The topological polar surface area (TPSA) is 66.8 Å². The van der Waals surface area contributed by atoms with Crippen LogP contribution in [-0.4, -0.2) is 38.2 Å². The molecule has 1 saturated heterocycles. The number of nitrogens with zero attached hydrogens (tertiary/aromatic N) is 1. The normalized spacial score (nSPS) is 30.8. The number of carbonyl (C=O) groups is 2. The number of phenolic OH excluding ortho intramolecular Hbond substituents is 1. The Morgan fingerprint density at radius 3 is 2.66 bits per heavy atom. The van der Waals surface area contributed by atoms with Crippen molar-refractivity contribution in [2.24, 2.45) is 11.8 Å². The molecule has 0 bridgehead atoms. The van der Waals surface area contributed by atoms with Gasteiger partial charge in [-0.25, -0.2) is 9.69 Å². The van der Waals surface area contributed by atoms with E-state index < -0.39 is 17.0 Å². The molecule has 35 heavy (non-hydrogen) atoms. The lowest BCUT2D eigenvalue weighted by Gasteiger charge is -2.28. The Kier molecular flexibility index (Phi) is 5.29. The van der Waals surface area contributed by atoms with Gasteiger partial charge in [0.05, 0.1) is 11.0 Å². The average Bonchev–Trinajstić information content (AvgIpc) is 3.76. The van der Waals surface area contributed by atoms with E-state index >= 15 is 0 Å². The fourth-order valence-corrected chi connectivity index (χ4v) is 7.72. The van der Waals surface area contributed by atoms with Crippen LogP contribution >= 0.6 is 20.7 Å². The molecule has 2 amide bonds. The van der Waals surface area contributed by atoms with Crippen molar-refractivity contribution in [3.05, 3.63) is 81.5 Å². The molecule has 2 aliphatic carbocycles. The zero-order valence-electron chi connectivity index (χ0n) is 19.8. The number of hydrogen-bond acceptors (Lipinski definition) is 4. The second kappa shape index (κ2) is 8.15. The number of amides is 2. The monoisotopic (exact) mass is 581 g/mol. The van der Waals surface area contributed by atoms with Crippen LogP contribution in [0.2, 0.25) is 0 Å². The molecule has 2 heterocycles. The Hall–Kier alpha value is -2.74. The van der Waals surface area contributed by atoms with Crippen molar-refractivity contribution < 1.29 is 19.4 Å². The first-order chi connectivity index (χ1) is 16.9. The number of imide groups is 1. The second-order valence-corrected chi connectivity index (χ2v) is 12.5. The quantitative estimate of drug-likeness (QED) is 0.447. The molecule has 2 aliphatic heterocycles. The molecule has 1 spiro atoms. The SMILES string of the molecule is CC(C)C1CC1(C(=O)N1C(=O)OCC12CC2c1ccccc1)c1cc(O)cc(C2=CI=CC=C2)c1. The Morgan fingerprint density at radius 2 is 1.97 bits per heavy atom. The van der Waals surface area contributed by atoms with Gasteiger partial charge >= 0.3 is 6.09 Å². The fourth-order valence-electron chi connectivity index (χ4n) is 6.11. The summed E-state index contributed by atoms with van der Waals surface area (Å²) in [4.78, 5) is 28.9. The molecular formula is C29H28INO4. The van der Waals surface area contributed by atoms with Gasteiger partial charge in [-0.1, -0.05) is 77.1 Å². The molecular weight excluding hydrogens is 553 g/mol. The maximum absolute atomic E-state index is 14.4. The van der Waals surface area contributed by atoms with Crippen LogP contribution in [0.5, 0.6) is 5.75 Å². The molecule has 2 aromatic carbocycles. The van der Waals surface area contributed by atoms with E-state index in [0.717, 1.165) is 28.7 Å². The third kappa shape index (κ3) is 3.51. The van der Waals surface area contributed by atoms with Crippen LogP contribution in [0.25, 0.3) is 5.57 Å². The zero-order valence-corrected chi connectivity index (χ0v) is 21.9. The molecule has 2 saturated carbocycles. The first-order valence-electron chi connectivity index (χ1n) is 12.1. The van der Waals surface area contributed by atoms with Crippen LogP contribution in [0.1, 0.15) is 49.3 Å². The highest BCUT2D eigenvalue weighted by Gasteiger charge is 2.72. The van der Waals surface area contributed by atoms with Gasteiger partial charge < -0.3 is 9.84 Å². The number of cyclic esters (lactones) is 1. The van der Waals surface area contributed by atoms with Crippen molar-refractivity contribution in [2.45, 2.75) is 43.6 Å². The Bertz CT molecular complexity index is 1310. The lowest BCUT2D eigenvalue weighted by molar-refractivity contribution is -0.133. The molecule has 5 nitrogen and oxygen atoms in total. The number of ether oxygens (including phenoxy) is 1. The maximum Gasteiger partial charge on any atom is 0.417 e. The minimum Gasteiger partial charge on any atom is -0.508 e. The van der Waals surface area contributed by atoms with Crippen LogP contribution in [0.3, 0.4) is 0 Å². The zero-order chi connectivity index (χ0) is 24.4. The third-order valence-electron chi connectivity index (χ3n) is 8.09. The van der Waals surface area contributed by atoms with Crippen molar-refractivity contribution in [1.29, 1.82) is 0 Å². The summed E-state index contributed by atoms with van der Waals surface area (Å²) < 4.78 is 9.92. The highest BCUT2D eigenvalue weighted by molar-refractivity contribution is 14.2. The molecule has 2 aromatic rings. The third-order valence-corrected chi connectivity index (χ3v) is 9.95. The number of benzene rings is 2. The lowest BCUT2D eigenvalue weighted by atomic mass is 9.85. The van der Waals surface area contributed by atoms with Crippen LogP contribution < -0.4 is 0 Å². The molecule has 4 aliphatic rings. The summed E-state index contributed by atoms with van der Waals surface area (Å²) in [7, 11) is 0. The first-order valence-corrected chi connectivity index (χ1v) is 14.6. The summed E-state index contributed by atoms with van der Waals surface area (Å²) in [5, 5.41) is 10.7. The van der Waals surface area contributed by atoms with Crippen molar-refractivity contribution >= 4 is 42.3 Å². The second-order valence-electron chi connectivity index (χ2n) is 10.4. The standard InChI is InChI=1S/C29H28INO4/c1-18(2)24-15-29(24,22-11-21(12-23(32)13-22)20-9-6-10-30-16-20)26(33)31-27(34)35-17-28(31)14-25(28)19-7-4-3-5-8-19/h3-13,16,18,24-25,32H,14-15,17H2,1-2H3. The van der Waals surface area contributed by atoms with E-state index in [1.165, 1.54) is 4.90 Å². The molecule has 0 aromatic heterocycles. The molecule has 4 atom stereocenters. The molecule has 180 valence electrons. The van der Waals surface area contributed by atoms with E-state index in [2.05, 4.69) is 40.2 Å². The smallest absolute Gasteiger partial charge is 0.417 e. The highest BCUT2D eigenvalue weighted by Crippen LogP contribution is 2.64. The van der Waals surface area contributed by atoms with Crippen LogP contribution in [0.4, 0.5) is 4.79 Å². The summed E-state index contributed by atoms with van der Waals surface area (Å²) in [5.41, 5.74) is 2.47. The van der Waals surface area contributed by atoms with Gasteiger partial charge in [-0.3, -0.25) is 4.79 Å². The largest absolute Gasteiger partial charge is 0.508 e. The predicted molar refractivity (Wildman–Crippen MR) is 145 cm³/mol. The Balaban J connectivity index is 1.41. The van der Waals surface area contributed by atoms with Gasteiger partial charge in [0, 0.05) is 5.92 Å². The maximum atomic E-state index is 14.4. The number of allylic oxidation sites excluding steroid dienone is 3. The minimum absolute atomic E-state index is 0.0878. The summed E-state index contributed by atoms with van der Waals surface area (Å²) in [6.07, 6.45) is 4.95. The molecule has 3 fully saturated rings. The fraction of sp³-hybridized carbons (Fsp3) is 0.345. The minimum atomic E-state index is -0.831. The van der Waals surface area contributed by atoms with Gasteiger partial charge in [-0.15, -0.1) is 0 Å². The van der Waals surface area contributed by atoms with Gasteiger partial charge in [-0.05, 0) is 73.2 Å². The number of carbonyl (C=O) groups excluding carboxylic acids is 2. The molecule has 0 radical (unpaired) electrons. The van der Waals surface area contributed by atoms with Crippen LogP contribution in [-0.2, 0) is 14.9 Å². The number of halogens is 1. The number of rotatable bonds is 5. The van der Waals surface area contributed by atoms with E-state index in [4.69, 9.17) is 4.74 Å². The van der Waals surface area contributed by atoms with Gasteiger partial charge in [0.1, 0.15) is 12.4 Å². The first kappa shape index (κ1) is 22.7. The predicted octanol–water partition coefficient (Wildman–Crippen LogP) is 5.89. The van der Waals surface area contributed by atoms with Gasteiger partial charge in [0.2, 0.25) is 5.91 Å². The lowest BCUT2D eigenvalue weighted by Crippen LogP contribution is -2.48. The Morgan fingerprint density at radius 1 is 1.17 bits per heavy atom. The van der Waals surface area contributed by atoms with Crippen molar-refractivity contribution in [2.75, 3.05) is 6.61 Å². The van der Waals surface area contributed by atoms with E-state index in [1.54, 1.807) is 12.1 Å². The molecule has 1 N–H and O–H groups in total. The van der Waals surface area contributed by atoms with E-state index in [-0.39, 0.29) is 56.7 Å². The Labute approximate surface area is 215 Å². The summed E-state index contributed by atoms with van der Waals surface area (Å²) >= 11 is -0.155. The van der Waals surface area contributed by atoms with Gasteiger partial charge in [0.15, 0.2) is 0 Å². The number of phenols is 1.